The molecule has 2 aliphatic heterocycles. The second-order valence-corrected chi connectivity index (χ2v) is 29.3. The first-order chi connectivity index (χ1) is 25.4. The molecule has 0 aliphatic carbocycles. The summed E-state index contributed by atoms with van der Waals surface area (Å²) in [5.74, 6) is 21.5. The normalized spacial score (nSPS) is 27.9. The summed E-state index contributed by atoms with van der Waals surface area (Å²) in [6.07, 6.45) is -7.15. The van der Waals surface area contributed by atoms with Gasteiger partial charge >= 0.3 is 213 Å². The van der Waals surface area contributed by atoms with Gasteiger partial charge in [0.25, 0.3) is 0 Å². The summed E-state index contributed by atoms with van der Waals surface area (Å²) in [6.45, 7) is 9.63. The van der Waals surface area contributed by atoms with E-state index in [2.05, 4.69) is 63.1 Å². The maximum absolute atomic E-state index is 12.4. The van der Waals surface area contributed by atoms with Crippen LogP contribution in [0.1, 0.15) is 20.8 Å². The molecule has 16 heteroatoms. The third-order valence-corrected chi connectivity index (χ3v) is 10.2. The number of carbonyl (C=O) groups excluding carboxylic acids is 3. The molecule has 0 spiro atoms. The second kappa shape index (κ2) is 23.2. The van der Waals surface area contributed by atoms with E-state index in [4.69, 9.17) is 52.1 Å². The van der Waals surface area contributed by atoms with Gasteiger partial charge in [0.15, 0.2) is 12.2 Å². The van der Waals surface area contributed by atoms with E-state index >= 15 is 0 Å². The summed E-state index contributed by atoms with van der Waals surface area (Å²) in [5, 5.41) is 0. The van der Waals surface area contributed by atoms with Gasteiger partial charge in [-0.15, -0.1) is 5.54 Å². The Balaban J connectivity index is 2.68. The van der Waals surface area contributed by atoms with Gasteiger partial charge in [0, 0.05) is 20.8 Å². The molecule has 2 rings (SSSR count). The summed E-state index contributed by atoms with van der Waals surface area (Å²) < 4.78 is 66.5. The topological polar surface area (TPSA) is 153 Å². The van der Waals surface area contributed by atoms with Crippen LogP contribution in [0.3, 0.4) is 0 Å². The van der Waals surface area contributed by atoms with E-state index in [-0.39, 0.29) is 33.6 Å². The molecule has 0 aromatic heterocycles. The number of ether oxygens (including phenoxy) is 11. The third kappa shape index (κ3) is 16.8. The molecule has 0 aromatic carbocycles. The van der Waals surface area contributed by atoms with Gasteiger partial charge in [-0.1, -0.05) is 25.6 Å². The van der Waals surface area contributed by atoms with Gasteiger partial charge in [0.2, 0.25) is 0 Å². The summed E-state index contributed by atoms with van der Waals surface area (Å²) in [6, 6.07) is 0. The number of hydrogen-bond acceptors (Lipinski definition) is 14. The SMILES string of the molecule is COCOC[C@H]1O[C@H](C#CC#C[C@H]2[C@H](OC(C)=O)[C@@H](OC(C)=O)[C@@H](C#C[Si](C)(C)C)O[C@@H]2COC(C)=O)[C@H](OCOC)[C@@H](OCOC)[C@@H]1C#[C][Ge]([CH3])([CH3])[CH3]. The molecule has 0 radical (unpaired) electrons. The van der Waals surface area contributed by atoms with Crippen molar-refractivity contribution < 1.29 is 66.5 Å². The van der Waals surface area contributed by atoms with Crippen molar-refractivity contribution >= 4 is 39.2 Å². The zero-order chi connectivity index (χ0) is 40.5. The summed E-state index contributed by atoms with van der Waals surface area (Å²) in [5.41, 5.74) is 3.22. The van der Waals surface area contributed by atoms with E-state index in [1.54, 1.807) is 0 Å². The predicted molar refractivity (Wildman–Crippen MR) is 201 cm³/mol. The Kier molecular flexibility index (Phi) is 20.3. The van der Waals surface area contributed by atoms with Gasteiger partial charge in [-0.05, 0) is 0 Å². The monoisotopic (exact) mass is 838 g/mol. The van der Waals surface area contributed by atoms with Crippen LogP contribution < -0.4 is 0 Å². The molecule has 54 heavy (non-hydrogen) atoms. The molecule has 2 heterocycles. The van der Waals surface area contributed by atoms with E-state index in [0.29, 0.717) is 0 Å². The average Bonchev–Trinajstić information content (AvgIpc) is 3.06. The molecular formula is C38H56GeO14Si. The van der Waals surface area contributed by atoms with E-state index in [0.717, 1.165) is 0 Å². The van der Waals surface area contributed by atoms with Crippen LogP contribution in [0.2, 0.25) is 36.9 Å². The fraction of sp³-hybridized carbons (Fsp3) is 0.711. The Labute approximate surface area is 323 Å². The molecule has 2 aliphatic rings. The van der Waals surface area contributed by atoms with Gasteiger partial charge in [0.05, 0.1) is 0 Å². The van der Waals surface area contributed by atoms with Crippen molar-refractivity contribution in [1.82, 2.24) is 0 Å². The minimum atomic E-state index is -2.35. The van der Waals surface area contributed by atoms with Crippen LogP contribution in [-0.2, 0) is 66.5 Å². The van der Waals surface area contributed by atoms with Crippen LogP contribution in [0.25, 0.3) is 0 Å². The van der Waals surface area contributed by atoms with Gasteiger partial charge in [-0.25, -0.2) is 0 Å². The molecular weight excluding hydrogens is 781 g/mol. The summed E-state index contributed by atoms with van der Waals surface area (Å²) in [4.78, 5) is 36.6. The van der Waals surface area contributed by atoms with Crippen LogP contribution in [0, 0.1) is 57.7 Å². The fourth-order valence-electron chi connectivity index (χ4n) is 5.33. The molecule has 0 bridgehead atoms. The first-order valence-electron chi connectivity index (χ1n) is 17.5. The first kappa shape index (κ1) is 47.2. The van der Waals surface area contributed by atoms with Crippen LogP contribution in [0.5, 0.6) is 0 Å². The molecule has 14 nitrogen and oxygen atoms in total. The molecule has 0 saturated carbocycles. The Bertz CT molecular complexity index is 1490. The molecule has 300 valence electrons. The Hall–Kier alpha value is -2.91. The molecule has 2 fully saturated rings. The van der Waals surface area contributed by atoms with Gasteiger partial charge < -0.3 is 18.9 Å². The van der Waals surface area contributed by atoms with Crippen LogP contribution in [0.15, 0.2) is 0 Å². The predicted octanol–water partition coefficient (Wildman–Crippen LogP) is 2.55. The van der Waals surface area contributed by atoms with Crippen LogP contribution in [0.4, 0.5) is 0 Å². The number of methoxy groups -OCH3 is 3. The van der Waals surface area contributed by atoms with Crippen molar-refractivity contribution in [3.05, 3.63) is 0 Å². The second-order valence-electron chi connectivity index (χ2n) is 14.6. The number of rotatable bonds is 14. The van der Waals surface area contributed by atoms with Crippen LogP contribution >= 0.6 is 0 Å². The number of esters is 3. The van der Waals surface area contributed by atoms with Crippen molar-refractivity contribution in [3.8, 4) is 45.8 Å². The van der Waals surface area contributed by atoms with Crippen LogP contribution in [-0.4, -0.2) is 143 Å². The van der Waals surface area contributed by atoms with Crippen molar-refractivity contribution in [1.29, 1.82) is 0 Å². The number of carbonyl (C=O) groups is 3. The zero-order valence-electron chi connectivity index (χ0n) is 33.5. The Morgan fingerprint density at radius 2 is 1.15 bits per heavy atom. The minimum absolute atomic E-state index is 0.0342. The van der Waals surface area contributed by atoms with E-state index < -0.39 is 99.9 Å². The summed E-state index contributed by atoms with van der Waals surface area (Å²) >= 11 is -2.35. The fourth-order valence-corrected chi connectivity index (χ4v) is 7.17. The van der Waals surface area contributed by atoms with Crippen molar-refractivity contribution in [2.24, 2.45) is 11.8 Å². The molecule has 2 saturated heterocycles. The number of hydrogen-bond donors (Lipinski definition) is 0. The standard InChI is InChI=1S/C38H56GeO14Si/c1-26(40)47-22-34-29(36(50-27(2)41)38(51-28(3)42)32(53-34)18-20-54(10,11)12)15-13-14-16-31-37(49-25-45-9)35(48-24-44-8)30(17-19-39(4,5)6)33(52-31)21-46-23-43-7/h29-38H,21-25H2,1-12H3/t29-,30-,31-,32-,33-,34-,35+,36+,37+,38+/m1/s1. The molecule has 0 aromatic rings. The van der Waals surface area contributed by atoms with Gasteiger partial charge in [0.1, 0.15) is 14.7 Å². The quantitative estimate of drug-likeness (QED) is 0.0630. The summed E-state index contributed by atoms with van der Waals surface area (Å²) in [7, 11) is 2.60. The maximum atomic E-state index is 12.4. The molecule has 0 amide bonds. The van der Waals surface area contributed by atoms with Gasteiger partial charge in [-0.3, -0.25) is 14.4 Å². The molecule has 0 unspecified atom stereocenters. The van der Waals surface area contributed by atoms with E-state index in [1.807, 2.05) is 19.6 Å². The Morgan fingerprint density at radius 3 is 1.69 bits per heavy atom. The van der Waals surface area contributed by atoms with E-state index in [1.165, 1.54) is 42.1 Å². The molecule has 10 atom stereocenters. The zero-order valence-corrected chi connectivity index (χ0v) is 36.6. The first-order valence-corrected chi connectivity index (χ1v) is 28.4. The van der Waals surface area contributed by atoms with Crippen molar-refractivity contribution in [3.63, 3.8) is 0 Å². The Morgan fingerprint density at radius 1 is 0.630 bits per heavy atom. The third-order valence-electron chi connectivity index (χ3n) is 7.41. The van der Waals surface area contributed by atoms with E-state index in [9.17, 15) is 14.4 Å². The van der Waals surface area contributed by atoms with Crippen molar-refractivity contribution in [2.75, 3.05) is 54.9 Å². The van der Waals surface area contributed by atoms with Crippen molar-refractivity contribution in [2.45, 2.75) is 107 Å². The molecule has 0 N–H and O–H groups in total. The van der Waals surface area contributed by atoms with Gasteiger partial charge in [-0.2, -0.15) is 0 Å². The average molecular weight is 838 g/mol.